The Morgan fingerprint density at radius 2 is 1.82 bits per heavy atom. The van der Waals surface area contributed by atoms with Gasteiger partial charge in [-0.3, -0.25) is 9.79 Å². The molecule has 11 heteroatoms. The van der Waals surface area contributed by atoms with Crippen LogP contribution in [0.5, 0.6) is 5.75 Å². The molecule has 0 N–H and O–H groups in total. The maximum Gasteiger partial charge on any atom is 0.416 e. The lowest BCUT2D eigenvalue weighted by molar-refractivity contribution is -0.264. The third-order valence-electron chi connectivity index (χ3n) is 9.85. The maximum absolute atomic E-state index is 13.8. The summed E-state index contributed by atoms with van der Waals surface area (Å²) >= 11 is 0. The van der Waals surface area contributed by atoms with Crippen LogP contribution in [0.2, 0.25) is 0 Å². The molecule has 0 radical (unpaired) electrons. The molecule has 6 unspecified atom stereocenters. The molecule has 214 valence electrons. The minimum absolute atomic E-state index is 0.0281. The number of hydrogen-bond acceptors (Lipinski definition) is 5. The van der Waals surface area contributed by atoms with Crippen molar-refractivity contribution in [2.75, 3.05) is 0 Å². The van der Waals surface area contributed by atoms with Crippen molar-refractivity contribution in [2.45, 2.75) is 81.7 Å². The van der Waals surface area contributed by atoms with Gasteiger partial charge in [0.1, 0.15) is 18.0 Å². The zero-order valence-corrected chi connectivity index (χ0v) is 21.7. The van der Waals surface area contributed by atoms with Crippen LogP contribution in [0.1, 0.15) is 73.1 Å². The molecule has 2 aromatic rings. The van der Waals surface area contributed by atoms with E-state index in [0.717, 1.165) is 42.6 Å². The van der Waals surface area contributed by atoms with E-state index in [1.165, 1.54) is 0 Å². The van der Waals surface area contributed by atoms with Crippen LogP contribution in [0.15, 0.2) is 36.4 Å². The SMILES string of the molecule is C[C@@H]1C(=O)OO[C@H]1c1ccc2c(c1)OC(C1CC3N([C@@H](C)c4cc(C(F)(F)F)ccc4C(F)(F)F)C34CC14)CC2. The van der Waals surface area contributed by atoms with Crippen molar-refractivity contribution in [3.05, 3.63) is 64.2 Å². The van der Waals surface area contributed by atoms with Gasteiger partial charge in [-0.2, -0.15) is 31.2 Å². The molecule has 7 rings (SSSR count). The van der Waals surface area contributed by atoms with Crippen molar-refractivity contribution in [1.82, 2.24) is 4.90 Å². The number of benzene rings is 2. The number of ether oxygens (including phenoxy) is 1. The van der Waals surface area contributed by atoms with Crippen molar-refractivity contribution in [3.63, 3.8) is 0 Å². The van der Waals surface area contributed by atoms with E-state index in [1.807, 2.05) is 23.1 Å². The summed E-state index contributed by atoms with van der Waals surface area (Å²) in [6.45, 7) is 3.32. The molecule has 5 aliphatic rings. The Hall–Kier alpha value is -2.79. The van der Waals surface area contributed by atoms with Gasteiger partial charge in [0.15, 0.2) is 0 Å². The fourth-order valence-corrected chi connectivity index (χ4v) is 7.82. The number of piperidine rings is 1. The summed E-state index contributed by atoms with van der Waals surface area (Å²) in [5, 5.41) is 0. The molecule has 2 aliphatic carbocycles. The molecule has 3 aliphatic heterocycles. The summed E-state index contributed by atoms with van der Waals surface area (Å²) in [5.74, 6) is 0.341. The van der Waals surface area contributed by atoms with E-state index in [1.54, 1.807) is 13.8 Å². The van der Waals surface area contributed by atoms with Gasteiger partial charge in [-0.25, -0.2) is 4.79 Å². The third kappa shape index (κ3) is 3.79. The molecule has 2 saturated carbocycles. The number of likely N-dealkylation sites (tertiary alicyclic amines) is 1. The average Bonchev–Trinajstić information content (AvgIpc) is 3.72. The molecule has 2 aromatic carbocycles. The molecule has 2 saturated heterocycles. The normalized spacial score (nSPS) is 36.7. The van der Waals surface area contributed by atoms with Crippen LogP contribution in [0.25, 0.3) is 0 Å². The molecule has 0 bridgehead atoms. The first kappa shape index (κ1) is 26.1. The first-order valence-corrected chi connectivity index (χ1v) is 13.5. The zero-order valence-electron chi connectivity index (χ0n) is 21.7. The topological polar surface area (TPSA) is 47.8 Å². The first-order chi connectivity index (χ1) is 18.8. The van der Waals surface area contributed by atoms with Crippen molar-refractivity contribution in [2.24, 2.45) is 17.8 Å². The quantitative estimate of drug-likeness (QED) is 0.231. The summed E-state index contributed by atoms with van der Waals surface area (Å²) < 4.78 is 87.8. The van der Waals surface area contributed by atoms with Crippen LogP contribution in [0.4, 0.5) is 26.3 Å². The van der Waals surface area contributed by atoms with E-state index in [0.29, 0.717) is 18.2 Å². The maximum atomic E-state index is 13.8. The van der Waals surface area contributed by atoms with E-state index in [9.17, 15) is 31.1 Å². The number of hydrogen-bond donors (Lipinski definition) is 0. The molecular formula is C29H27F6NO4. The number of nitrogens with zero attached hydrogens (tertiary/aromatic N) is 1. The van der Waals surface area contributed by atoms with Crippen LogP contribution in [0, 0.1) is 17.8 Å². The Balaban J connectivity index is 1.08. The van der Waals surface area contributed by atoms with Crippen LogP contribution >= 0.6 is 0 Å². The molecule has 0 aromatic heterocycles. The standard InChI is InChI=1S/C29H27F6NO4/c1-13-25(39-40-26(13)37)16-4-3-15-5-8-22(38-23(15)9-16)19-11-24-27(12-21(19)27)36(24)14(2)18-10-17(28(30,31)32)6-7-20(18)29(33,34)35/h3-4,6-7,9-10,13-14,19,21-22,24-25H,5,8,11-12H2,1-2H3/t13-,14-,19?,21?,22?,24?,25+,27?,36?/m0/s1. The van der Waals surface area contributed by atoms with Crippen molar-refractivity contribution < 1.29 is 45.6 Å². The van der Waals surface area contributed by atoms with Crippen LogP contribution in [-0.2, 0) is 33.3 Å². The number of carbonyl (C=O) groups is 1. The summed E-state index contributed by atoms with van der Waals surface area (Å²) in [6, 6.07) is 6.74. The van der Waals surface area contributed by atoms with Gasteiger partial charge in [0.05, 0.1) is 17.0 Å². The van der Waals surface area contributed by atoms with Crippen molar-refractivity contribution in [1.29, 1.82) is 0 Å². The minimum Gasteiger partial charge on any atom is -0.490 e. The van der Waals surface area contributed by atoms with E-state index in [4.69, 9.17) is 14.5 Å². The second kappa shape index (κ2) is 8.38. The number of alkyl halides is 6. The summed E-state index contributed by atoms with van der Waals surface area (Å²) in [4.78, 5) is 23.7. The molecule has 1 spiro atoms. The molecule has 40 heavy (non-hydrogen) atoms. The summed E-state index contributed by atoms with van der Waals surface area (Å²) in [5.41, 5.74) is -0.813. The Kier molecular flexibility index (Phi) is 5.47. The zero-order chi connectivity index (χ0) is 28.4. The lowest BCUT2D eigenvalue weighted by atomic mass is 9.88. The van der Waals surface area contributed by atoms with Gasteiger partial charge < -0.3 is 4.74 Å². The van der Waals surface area contributed by atoms with E-state index >= 15 is 0 Å². The Bertz CT molecular complexity index is 1390. The molecule has 9 atom stereocenters. The number of fused-ring (bicyclic) bond motifs is 1. The third-order valence-corrected chi connectivity index (χ3v) is 9.85. The average molecular weight is 568 g/mol. The van der Waals surface area contributed by atoms with Gasteiger partial charge in [0, 0.05) is 23.5 Å². The van der Waals surface area contributed by atoms with Gasteiger partial charge >= 0.3 is 18.3 Å². The van der Waals surface area contributed by atoms with Crippen LogP contribution in [0.3, 0.4) is 0 Å². The molecule has 0 amide bonds. The van der Waals surface area contributed by atoms with Gasteiger partial charge in [0.2, 0.25) is 0 Å². The monoisotopic (exact) mass is 567 g/mol. The minimum atomic E-state index is -4.75. The molecule has 5 nitrogen and oxygen atoms in total. The van der Waals surface area contributed by atoms with Crippen molar-refractivity contribution in [3.8, 4) is 5.75 Å². The van der Waals surface area contributed by atoms with E-state index in [-0.39, 0.29) is 35.1 Å². The van der Waals surface area contributed by atoms with Gasteiger partial charge in [0.25, 0.3) is 0 Å². The predicted molar refractivity (Wildman–Crippen MR) is 128 cm³/mol. The Morgan fingerprint density at radius 3 is 2.45 bits per heavy atom. The molecule has 3 heterocycles. The van der Waals surface area contributed by atoms with Crippen LogP contribution in [-0.4, -0.2) is 28.6 Å². The Morgan fingerprint density at radius 1 is 1.05 bits per heavy atom. The lowest BCUT2D eigenvalue weighted by Crippen LogP contribution is -2.34. The highest BCUT2D eigenvalue weighted by Gasteiger charge is 2.84. The number of halogens is 6. The number of carbonyl (C=O) groups excluding carboxylic acids is 1. The fourth-order valence-electron chi connectivity index (χ4n) is 7.82. The second-order valence-electron chi connectivity index (χ2n) is 11.9. The molecule has 4 fully saturated rings. The number of aryl methyl sites for hydroxylation is 1. The highest BCUT2D eigenvalue weighted by Crippen LogP contribution is 2.77. The van der Waals surface area contributed by atoms with Crippen molar-refractivity contribution >= 4 is 5.97 Å². The smallest absolute Gasteiger partial charge is 0.416 e. The first-order valence-electron chi connectivity index (χ1n) is 13.5. The fraction of sp³-hybridized carbons (Fsp3) is 0.552. The van der Waals surface area contributed by atoms with Gasteiger partial charge in [-0.05, 0) is 86.4 Å². The molecular weight excluding hydrogens is 540 g/mol. The summed E-state index contributed by atoms with van der Waals surface area (Å²) in [7, 11) is 0. The summed E-state index contributed by atoms with van der Waals surface area (Å²) in [6.07, 6.45) is -6.86. The van der Waals surface area contributed by atoms with Gasteiger partial charge in [-0.1, -0.05) is 12.1 Å². The highest BCUT2D eigenvalue weighted by molar-refractivity contribution is 5.73. The second-order valence-corrected chi connectivity index (χ2v) is 11.9. The van der Waals surface area contributed by atoms with Gasteiger partial charge in [-0.15, -0.1) is 0 Å². The largest absolute Gasteiger partial charge is 0.490 e. The lowest BCUT2D eigenvalue weighted by Gasteiger charge is -2.33. The number of rotatable bonds is 4. The predicted octanol–water partition coefficient (Wildman–Crippen LogP) is 6.81. The van der Waals surface area contributed by atoms with E-state index in [2.05, 4.69) is 0 Å². The van der Waals surface area contributed by atoms with E-state index < -0.39 is 47.5 Å². The Labute approximate surface area is 226 Å². The van der Waals surface area contributed by atoms with Crippen LogP contribution < -0.4 is 4.74 Å². The highest BCUT2D eigenvalue weighted by atomic mass is 19.4.